The van der Waals surface area contributed by atoms with Gasteiger partial charge in [-0.05, 0) is 64.2 Å². The minimum absolute atomic E-state index is 0.284. The van der Waals surface area contributed by atoms with Gasteiger partial charge in [-0.3, -0.25) is 0 Å². The highest BCUT2D eigenvalue weighted by Gasteiger charge is 2.13. The number of benzene rings is 2. The molecule has 0 amide bonds. The average molecular weight is 308 g/mol. The molecular formula is C15H15BrFN. The van der Waals surface area contributed by atoms with Crippen LogP contribution in [0.2, 0.25) is 0 Å². The van der Waals surface area contributed by atoms with Crippen molar-refractivity contribution in [3.63, 3.8) is 0 Å². The third-order valence-corrected chi connectivity index (χ3v) is 3.93. The van der Waals surface area contributed by atoms with E-state index >= 15 is 0 Å². The number of hydrogen-bond acceptors (Lipinski definition) is 1. The zero-order valence-corrected chi connectivity index (χ0v) is 12.0. The Labute approximate surface area is 115 Å². The molecule has 0 radical (unpaired) electrons. The summed E-state index contributed by atoms with van der Waals surface area (Å²) in [6, 6.07) is 10.7. The van der Waals surface area contributed by atoms with E-state index in [1.54, 1.807) is 6.07 Å². The molecule has 94 valence electrons. The van der Waals surface area contributed by atoms with E-state index in [1.165, 1.54) is 11.6 Å². The smallest absolute Gasteiger partial charge is 0.137 e. The van der Waals surface area contributed by atoms with Crippen molar-refractivity contribution in [2.75, 3.05) is 0 Å². The SMILES string of the molecule is Cc1cccc(C(N)c2ccc(Br)c(F)c2)c1C. The molecule has 1 nitrogen and oxygen atoms in total. The molecule has 2 aromatic rings. The fourth-order valence-corrected chi connectivity index (χ4v) is 2.24. The molecule has 0 bridgehead atoms. The van der Waals surface area contributed by atoms with Crippen LogP contribution in [0.15, 0.2) is 40.9 Å². The van der Waals surface area contributed by atoms with E-state index in [-0.39, 0.29) is 11.9 Å². The Kier molecular flexibility index (Phi) is 3.83. The lowest BCUT2D eigenvalue weighted by Crippen LogP contribution is -2.14. The zero-order valence-electron chi connectivity index (χ0n) is 10.4. The number of rotatable bonds is 2. The van der Waals surface area contributed by atoms with E-state index in [0.717, 1.165) is 16.7 Å². The average Bonchev–Trinajstić information content (AvgIpc) is 2.35. The molecule has 0 spiro atoms. The van der Waals surface area contributed by atoms with Gasteiger partial charge in [0, 0.05) is 0 Å². The van der Waals surface area contributed by atoms with Crippen molar-refractivity contribution in [1.82, 2.24) is 0 Å². The summed E-state index contributed by atoms with van der Waals surface area (Å²) in [4.78, 5) is 0. The summed E-state index contributed by atoms with van der Waals surface area (Å²) < 4.78 is 14.0. The molecule has 2 rings (SSSR count). The molecule has 2 N–H and O–H groups in total. The molecule has 0 aliphatic carbocycles. The predicted octanol–water partition coefficient (Wildman–Crippen LogP) is 4.25. The molecule has 0 saturated heterocycles. The summed E-state index contributed by atoms with van der Waals surface area (Å²) >= 11 is 3.14. The minimum Gasteiger partial charge on any atom is -0.320 e. The Bertz CT molecular complexity index is 581. The van der Waals surface area contributed by atoms with Crippen LogP contribution in [0.25, 0.3) is 0 Å². The molecule has 0 fully saturated rings. The van der Waals surface area contributed by atoms with Crippen molar-refractivity contribution in [1.29, 1.82) is 0 Å². The van der Waals surface area contributed by atoms with Crippen LogP contribution >= 0.6 is 15.9 Å². The summed E-state index contributed by atoms with van der Waals surface area (Å²) in [6.07, 6.45) is 0. The van der Waals surface area contributed by atoms with Gasteiger partial charge in [-0.15, -0.1) is 0 Å². The summed E-state index contributed by atoms with van der Waals surface area (Å²) in [5, 5.41) is 0. The van der Waals surface area contributed by atoms with Crippen molar-refractivity contribution in [3.05, 3.63) is 68.9 Å². The van der Waals surface area contributed by atoms with E-state index in [2.05, 4.69) is 15.9 Å². The highest BCUT2D eigenvalue weighted by molar-refractivity contribution is 9.10. The first-order chi connectivity index (χ1) is 8.50. The third-order valence-electron chi connectivity index (χ3n) is 3.28. The highest BCUT2D eigenvalue weighted by atomic mass is 79.9. The molecule has 3 heteroatoms. The normalized spacial score (nSPS) is 12.5. The van der Waals surface area contributed by atoms with Gasteiger partial charge in [0.25, 0.3) is 0 Å². The highest BCUT2D eigenvalue weighted by Crippen LogP contribution is 2.26. The summed E-state index contributed by atoms with van der Waals surface area (Å²) in [5.41, 5.74) is 10.4. The Balaban J connectivity index is 2.44. The molecule has 0 aliphatic heterocycles. The van der Waals surface area contributed by atoms with Crippen LogP contribution in [0.4, 0.5) is 4.39 Å². The van der Waals surface area contributed by atoms with E-state index in [9.17, 15) is 4.39 Å². The van der Waals surface area contributed by atoms with Crippen molar-refractivity contribution < 1.29 is 4.39 Å². The lowest BCUT2D eigenvalue weighted by molar-refractivity contribution is 0.617. The Morgan fingerprint density at radius 2 is 1.89 bits per heavy atom. The van der Waals surface area contributed by atoms with Gasteiger partial charge in [0.2, 0.25) is 0 Å². The van der Waals surface area contributed by atoms with Gasteiger partial charge in [0.15, 0.2) is 0 Å². The largest absolute Gasteiger partial charge is 0.320 e. The fourth-order valence-electron chi connectivity index (χ4n) is 2.00. The lowest BCUT2D eigenvalue weighted by atomic mass is 9.93. The third kappa shape index (κ3) is 2.47. The van der Waals surface area contributed by atoms with Crippen molar-refractivity contribution in [2.24, 2.45) is 5.73 Å². The number of hydrogen-bond donors (Lipinski definition) is 1. The summed E-state index contributed by atoms with van der Waals surface area (Å²) in [5.74, 6) is -0.284. The maximum Gasteiger partial charge on any atom is 0.137 e. The standard InChI is InChI=1S/C15H15BrFN/c1-9-4-3-5-12(10(9)2)15(18)11-6-7-13(16)14(17)8-11/h3-8,15H,18H2,1-2H3. The van der Waals surface area contributed by atoms with E-state index < -0.39 is 0 Å². The van der Waals surface area contributed by atoms with Crippen LogP contribution in [-0.2, 0) is 0 Å². The van der Waals surface area contributed by atoms with Crippen molar-refractivity contribution in [2.45, 2.75) is 19.9 Å². The van der Waals surface area contributed by atoms with Gasteiger partial charge in [-0.1, -0.05) is 24.3 Å². The molecule has 2 aromatic carbocycles. The first-order valence-electron chi connectivity index (χ1n) is 5.77. The molecule has 0 aliphatic rings. The molecule has 0 aromatic heterocycles. The lowest BCUT2D eigenvalue weighted by Gasteiger charge is -2.17. The van der Waals surface area contributed by atoms with Crippen molar-refractivity contribution in [3.8, 4) is 0 Å². The van der Waals surface area contributed by atoms with E-state index in [4.69, 9.17) is 5.73 Å². The fraction of sp³-hybridized carbons (Fsp3) is 0.200. The maximum atomic E-state index is 13.5. The van der Waals surface area contributed by atoms with Gasteiger partial charge >= 0.3 is 0 Å². The van der Waals surface area contributed by atoms with Crippen molar-refractivity contribution >= 4 is 15.9 Å². The number of nitrogens with two attached hydrogens (primary N) is 1. The molecule has 0 saturated carbocycles. The topological polar surface area (TPSA) is 26.0 Å². The van der Waals surface area contributed by atoms with Gasteiger partial charge in [0.05, 0.1) is 10.5 Å². The second-order valence-electron chi connectivity index (χ2n) is 4.44. The first-order valence-corrected chi connectivity index (χ1v) is 6.56. The number of aryl methyl sites for hydroxylation is 1. The van der Waals surface area contributed by atoms with Crippen LogP contribution in [0.1, 0.15) is 28.3 Å². The summed E-state index contributed by atoms with van der Waals surface area (Å²) in [7, 11) is 0. The van der Waals surface area contributed by atoms with Crippen LogP contribution < -0.4 is 5.73 Å². The van der Waals surface area contributed by atoms with Crippen LogP contribution in [-0.4, -0.2) is 0 Å². The van der Waals surface area contributed by atoms with Gasteiger partial charge in [0.1, 0.15) is 5.82 Å². The Morgan fingerprint density at radius 1 is 1.17 bits per heavy atom. The van der Waals surface area contributed by atoms with Gasteiger partial charge in [-0.2, -0.15) is 0 Å². The molecule has 1 atom stereocenters. The predicted molar refractivity (Wildman–Crippen MR) is 76.0 cm³/mol. The quantitative estimate of drug-likeness (QED) is 0.881. The van der Waals surface area contributed by atoms with Gasteiger partial charge < -0.3 is 5.73 Å². The minimum atomic E-state index is -0.299. The van der Waals surface area contributed by atoms with Crippen LogP contribution in [0, 0.1) is 19.7 Å². The Morgan fingerprint density at radius 3 is 2.56 bits per heavy atom. The second kappa shape index (κ2) is 5.21. The second-order valence-corrected chi connectivity index (χ2v) is 5.29. The van der Waals surface area contributed by atoms with E-state index in [0.29, 0.717) is 4.47 Å². The first kappa shape index (κ1) is 13.2. The number of halogens is 2. The monoisotopic (exact) mass is 307 g/mol. The molecule has 18 heavy (non-hydrogen) atoms. The van der Waals surface area contributed by atoms with Crippen LogP contribution in [0.5, 0.6) is 0 Å². The zero-order chi connectivity index (χ0) is 13.3. The molecule has 0 heterocycles. The molecule has 1 unspecified atom stereocenters. The maximum absolute atomic E-state index is 13.5. The van der Waals surface area contributed by atoms with E-state index in [1.807, 2.05) is 38.1 Å². The Hall–Kier alpha value is -1.19. The molecular weight excluding hydrogens is 293 g/mol. The van der Waals surface area contributed by atoms with Gasteiger partial charge in [-0.25, -0.2) is 4.39 Å². The van der Waals surface area contributed by atoms with Crippen LogP contribution in [0.3, 0.4) is 0 Å². The summed E-state index contributed by atoms with van der Waals surface area (Å²) in [6.45, 7) is 4.09.